The van der Waals surface area contributed by atoms with Gasteiger partial charge in [0, 0.05) is 13.1 Å². The fraction of sp³-hybridized carbons (Fsp3) is 0.571. The fourth-order valence-electron chi connectivity index (χ4n) is 0.869. The van der Waals surface area contributed by atoms with E-state index in [9.17, 15) is 0 Å². The third-order valence-electron chi connectivity index (χ3n) is 1.71. The standard InChI is InChI=1S/C7H11N3O/c1-10-6(8)4-7(9-10)11-5-2-3-5/h4-5H,2-3,8H2,1H3. The molecule has 1 fully saturated rings. The topological polar surface area (TPSA) is 53.1 Å². The van der Waals surface area contributed by atoms with Gasteiger partial charge in [-0.3, -0.25) is 0 Å². The van der Waals surface area contributed by atoms with Crippen molar-refractivity contribution in [1.82, 2.24) is 9.78 Å². The largest absolute Gasteiger partial charge is 0.473 e. The molecule has 0 atom stereocenters. The Bertz CT molecular complexity index is 245. The summed E-state index contributed by atoms with van der Waals surface area (Å²) < 4.78 is 7.02. The van der Waals surface area contributed by atoms with E-state index in [1.165, 1.54) is 0 Å². The molecule has 60 valence electrons. The lowest BCUT2D eigenvalue weighted by Gasteiger charge is -1.95. The van der Waals surface area contributed by atoms with Crippen LogP contribution in [0.3, 0.4) is 0 Å². The van der Waals surface area contributed by atoms with E-state index in [1.807, 2.05) is 0 Å². The van der Waals surface area contributed by atoms with Crippen LogP contribution in [0.5, 0.6) is 5.88 Å². The van der Waals surface area contributed by atoms with Crippen LogP contribution in [0.1, 0.15) is 12.8 Å². The van der Waals surface area contributed by atoms with Gasteiger partial charge in [-0.1, -0.05) is 0 Å². The van der Waals surface area contributed by atoms with Crippen LogP contribution >= 0.6 is 0 Å². The van der Waals surface area contributed by atoms with Gasteiger partial charge in [0.25, 0.3) is 0 Å². The Morgan fingerprint density at radius 3 is 2.91 bits per heavy atom. The van der Waals surface area contributed by atoms with Gasteiger partial charge >= 0.3 is 0 Å². The zero-order chi connectivity index (χ0) is 7.84. The lowest BCUT2D eigenvalue weighted by atomic mass is 10.6. The highest BCUT2D eigenvalue weighted by Gasteiger charge is 2.24. The van der Waals surface area contributed by atoms with Crippen molar-refractivity contribution >= 4 is 5.82 Å². The SMILES string of the molecule is Cn1nc(OC2CC2)cc1N. The van der Waals surface area contributed by atoms with Crippen LogP contribution < -0.4 is 10.5 Å². The summed E-state index contributed by atoms with van der Waals surface area (Å²) in [5, 5.41) is 4.06. The minimum Gasteiger partial charge on any atom is -0.473 e. The molecule has 2 rings (SSSR count). The molecule has 0 aliphatic heterocycles. The molecule has 0 aromatic carbocycles. The number of ether oxygens (including phenoxy) is 1. The molecular weight excluding hydrogens is 142 g/mol. The van der Waals surface area contributed by atoms with Crippen molar-refractivity contribution < 1.29 is 4.74 Å². The zero-order valence-corrected chi connectivity index (χ0v) is 6.45. The van der Waals surface area contributed by atoms with Crippen LogP contribution in [-0.2, 0) is 7.05 Å². The van der Waals surface area contributed by atoms with Crippen LogP contribution in [0.25, 0.3) is 0 Å². The maximum atomic E-state index is 5.56. The van der Waals surface area contributed by atoms with Crippen LogP contribution in [0, 0.1) is 0 Å². The highest BCUT2D eigenvalue weighted by Crippen LogP contribution is 2.26. The summed E-state index contributed by atoms with van der Waals surface area (Å²) in [5.41, 5.74) is 5.56. The Morgan fingerprint density at radius 2 is 2.45 bits per heavy atom. The molecule has 1 aliphatic rings. The fourth-order valence-corrected chi connectivity index (χ4v) is 0.869. The van der Waals surface area contributed by atoms with Gasteiger partial charge in [-0.25, -0.2) is 4.68 Å². The van der Waals surface area contributed by atoms with E-state index in [0.717, 1.165) is 12.8 Å². The minimum absolute atomic E-state index is 0.393. The second-order valence-corrected chi connectivity index (χ2v) is 2.85. The number of aryl methyl sites for hydroxylation is 1. The summed E-state index contributed by atoms with van der Waals surface area (Å²) in [5.74, 6) is 1.29. The molecule has 1 heterocycles. The van der Waals surface area contributed by atoms with Crippen molar-refractivity contribution in [2.75, 3.05) is 5.73 Å². The second-order valence-electron chi connectivity index (χ2n) is 2.85. The van der Waals surface area contributed by atoms with Crippen molar-refractivity contribution in [3.05, 3.63) is 6.07 Å². The molecule has 0 saturated heterocycles. The summed E-state index contributed by atoms with van der Waals surface area (Å²) in [4.78, 5) is 0. The molecule has 4 nitrogen and oxygen atoms in total. The summed E-state index contributed by atoms with van der Waals surface area (Å²) >= 11 is 0. The molecule has 1 aromatic rings. The number of nitrogens with zero attached hydrogens (tertiary/aromatic N) is 2. The van der Waals surface area contributed by atoms with Gasteiger partial charge in [0.05, 0.1) is 0 Å². The van der Waals surface area contributed by atoms with Crippen LogP contribution in [0.4, 0.5) is 5.82 Å². The average Bonchev–Trinajstić information content (AvgIpc) is 2.65. The molecule has 1 aromatic heterocycles. The van der Waals surface area contributed by atoms with Crippen molar-refractivity contribution in [3.63, 3.8) is 0 Å². The highest BCUT2D eigenvalue weighted by molar-refractivity contribution is 5.33. The van der Waals surface area contributed by atoms with Gasteiger partial charge in [0.15, 0.2) is 0 Å². The first-order valence-corrected chi connectivity index (χ1v) is 3.72. The Labute approximate surface area is 64.9 Å². The van der Waals surface area contributed by atoms with E-state index in [2.05, 4.69) is 5.10 Å². The lowest BCUT2D eigenvalue weighted by molar-refractivity contribution is 0.288. The van der Waals surface area contributed by atoms with E-state index in [1.54, 1.807) is 17.8 Å². The van der Waals surface area contributed by atoms with E-state index in [0.29, 0.717) is 17.8 Å². The minimum atomic E-state index is 0.393. The maximum absolute atomic E-state index is 5.56. The van der Waals surface area contributed by atoms with E-state index in [4.69, 9.17) is 10.5 Å². The summed E-state index contributed by atoms with van der Waals surface area (Å²) in [6, 6.07) is 1.75. The molecule has 0 unspecified atom stereocenters. The summed E-state index contributed by atoms with van der Waals surface area (Å²) in [7, 11) is 1.80. The number of rotatable bonds is 2. The number of hydrogen-bond acceptors (Lipinski definition) is 3. The van der Waals surface area contributed by atoms with Crippen LogP contribution in [-0.4, -0.2) is 15.9 Å². The van der Waals surface area contributed by atoms with Gasteiger partial charge in [-0.15, -0.1) is 5.10 Å². The lowest BCUT2D eigenvalue weighted by Crippen LogP contribution is -1.98. The number of aromatic nitrogens is 2. The Kier molecular flexibility index (Phi) is 1.27. The first kappa shape index (κ1) is 6.52. The smallest absolute Gasteiger partial charge is 0.235 e. The Hall–Kier alpha value is -1.19. The molecule has 11 heavy (non-hydrogen) atoms. The average molecular weight is 153 g/mol. The third kappa shape index (κ3) is 1.29. The van der Waals surface area contributed by atoms with E-state index >= 15 is 0 Å². The molecule has 0 radical (unpaired) electrons. The molecule has 2 N–H and O–H groups in total. The maximum Gasteiger partial charge on any atom is 0.235 e. The second kappa shape index (κ2) is 2.15. The van der Waals surface area contributed by atoms with Crippen molar-refractivity contribution in [2.24, 2.45) is 7.05 Å². The molecular formula is C7H11N3O. The molecule has 0 bridgehead atoms. The van der Waals surface area contributed by atoms with Gasteiger partial charge in [-0.05, 0) is 12.8 Å². The van der Waals surface area contributed by atoms with E-state index < -0.39 is 0 Å². The first-order chi connectivity index (χ1) is 5.25. The zero-order valence-electron chi connectivity index (χ0n) is 6.45. The van der Waals surface area contributed by atoms with Gasteiger partial charge < -0.3 is 10.5 Å². The Morgan fingerprint density at radius 1 is 1.73 bits per heavy atom. The molecule has 4 heteroatoms. The molecule has 1 aliphatic carbocycles. The van der Waals surface area contributed by atoms with Gasteiger partial charge in [0.1, 0.15) is 11.9 Å². The summed E-state index contributed by atoms with van der Waals surface area (Å²) in [6.45, 7) is 0. The number of hydrogen-bond donors (Lipinski definition) is 1. The predicted molar refractivity (Wildman–Crippen MR) is 41.3 cm³/mol. The molecule has 0 amide bonds. The monoisotopic (exact) mass is 153 g/mol. The third-order valence-corrected chi connectivity index (χ3v) is 1.71. The Balaban J connectivity index is 2.11. The van der Waals surface area contributed by atoms with Crippen LogP contribution in [0.2, 0.25) is 0 Å². The van der Waals surface area contributed by atoms with Gasteiger partial charge in [0.2, 0.25) is 5.88 Å². The highest BCUT2D eigenvalue weighted by atomic mass is 16.5. The summed E-state index contributed by atoms with van der Waals surface area (Å²) in [6.07, 6.45) is 2.69. The molecule has 1 saturated carbocycles. The first-order valence-electron chi connectivity index (χ1n) is 3.72. The number of nitrogen functional groups attached to an aromatic ring is 1. The predicted octanol–water partition coefficient (Wildman–Crippen LogP) is 0.544. The molecule has 0 spiro atoms. The normalized spacial score (nSPS) is 16.8. The quantitative estimate of drug-likeness (QED) is 0.674. The van der Waals surface area contributed by atoms with Crippen molar-refractivity contribution in [1.29, 1.82) is 0 Å². The van der Waals surface area contributed by atoms with Crippen molar-refractivity contribution in [2.45, 2.75) is 18.9 Å². The van der Waals surface area contributed by atoms with Gasteiger partial charge in [-0.2, -0.15) is 0 Å². The number of nitrogens with two attached hydrogens (primary N) is 1. The van der Waals surface area contributed by atoms with Crippen LogP contribution in [0.15, 0.2) is 6.07 Å². The number of anilines is 1. The van der Waals surface area contributed by atoms with Crippen molar-refractivity contribution in [3.8, 4) is 5.88 Å². The van der Waals surface area contributed by atoms with E-state index in [-0.39, 0.29) is 0 Å².